The second-order valence-electron chi connectivity index (χ2n) is 6.15. The van der Waals surface area contributed by atoms with Crippen molar-refractivity contribution in [2.45, 2.75) is 13.8 Å². The Morgan fingerprint density at radius 3 is 2.21 bits per heavy atom. The molecule has 0 bridgehead atoms. The van der Waals surface area contributed by atoms with Gasteiger partial charge in [0.15, 0.2) is 17.3 Å². The molecule has 0 radical (unpaired) electrons. The number of nitrogens with zero attached hydrogens (tertiary/aromatic N) is 3. The van der Waals surface area contributed by atoms with Crippen LogP contribution in [0.3, 0.4) is 0 Å². The van der Waals surface area contributed by atoms with Gasteiger partial charge in [-0.05, 0) is 31.0 Å². The molecule has 0 aliphatic heterocycles. The van der Waals surface area contributed by atoms with Gasteiger partial charge in [0.25, 0.3) is 0 Å². The summed E-state index contributed by atoms with van der Waals surface area (Å²) in [5, 5.41) is 14.5. The van der Waals surface area contributed by atoms with Crippen LogP contribution in [0.15, 0.2) is 36.5 Å². The van der Waals surface area contributed by atoms with Crippen molar-refractivity contribution in [3.05, 3.63) is 47.7 Å². The van der Waals surface area contributed by atoms with Crippen LogP contribution in [0.1, 0.15) is 11.1 Å². The van der Waals surface area contributed by atoms with E-state index in [2.05, 4.69) is 44.0 Å². The van der Waals surface area contributed by atoms with Gasteiger partial charge in [-0.3, -0.25) is 0 Å². The normalized spacial score (nSPS) is 10.3. The van der Waals surface area contributed by atoms with Crippen molar-refractivity contribution in [1.29, 1.82) is 0 Å². The van der Waals surface area contributed by atoms with E-state index in [1.54, 1.807) is 39.7 Å². The maximum Gasteiger partial charge on any atom is 0.249 e. The monoisotopic (exact) mass is 381 g/mol. The fourth-order valence-electron chi connectivity index (χ4n) is 2.71. The summed E-state index contributed by atoms with van der Waals surface area (Å²) in [6, 6.07) is 9.73. The molecular weight excluding hydrogens is 358 g/mol. The molecule has 3 aromatic rings. The quantitative estimate of drug-likeness (QED) is 0.635. The van der Waals surface area contributed by atoms with Gasteiger partial charge >= 0.3 is 0 Å². The van der Waals surface area contributed by atoms with Crippen LogP contribution in [0.5, 0.6) is 17.2 Å². The summed E-state index contributed by atoms with van der Waals surface area (Å²) in [5.41, 5.74) is 3.92. The van der Waals surface area contributed by atoms with Crippen LogP contribution < -0.4 is 24.8 Å². The highest BCUT2D eigenvalue weighted by Crippen LogP contribution is 2.40. The summed E-state index contributed by atoms with van der Waals surface area (Å²) < 4.78 is 16.1. The summed E-state index contributed by atoms with van der Waals surface area (Å²) in [7, 11) is 4.69. The molecule has 2 N–H and O–H groups in total. The first-order chi connectivity index (χ1) is 13.5. The van der Waals surface area contributed by atoms with E-state index < -0.39 is 0 Å². The summed E-state index contributed by atoms with van der Waals surface area (Å²) in [6.07, 6.45) is 1.57. The third kappa shape index (κ3) is 4.22. The highest BCUT2D eigenvalue weighted by Gasteiger charge is 2.14. The van der Waals surface area contributed by atoms with E-state index in [-0.39, 0.29) is 0 Å². The largest absolute Gasteiger partial charge is 0.493 e. The molecule has 0 saturated heterocycles. The number of benzene rings is 2. The Morgan fingerprint density at radius 1 is 0.857 bits per heavy atom. The van der Waals surface area contributed by atoms with Crippen molar-refractivity contribution < 1.29 is 14.2 Å². The fraction of sp³-hybridized carbons (Fsp3) is 0.250. The first-order valence-electron chi connectivity index (χ1n) is 8.65. The number of hydrogen-bond donors (Lipinski definition) is 2. The van der Waals surface area contributed by atoms with Crippen molar-refractivity contribution in [1.82, 2.24) is 15.2 Å². The Bertz CT molecular complexity index is 953. The summed E-state index contributed by atoms with van der Waals surface area (Å²) in [6.45, 7) is 4.08. The van der Waals surface area contributed by atoms with E-state index in [1.165, 1.54) is 0 Å². The van der Waals surface area contributed by atoms with Gasteiger partial charge in [-0.1, -0.05) is 12.1 Å². The van der Waals surface area contributed by atoms with Crippen molar-refractivity contribution in [2.75, 3.05) is 32.0 Å². The van der Waals surface area contributed by atoms with E-state index in [0.29, 0.717) is 34.7 Å². The molecule has 3 rings (SSSR count). The number of aryl methyl sites for hydroxylation is 2. The zero-order valence-electron chi connectivity index (χ0n) is 16.5. The SMILES string of the molecule is COc1cc(Nc2nncc(Nc3cc(C)ccc3C)n2)cc(OC)c1OC. The molecule has 8 nitrogen and oxygen atoms in total. The van der Waals surface area contributed by atoms with Gasteiger partial charge in [-0.25, -0.2) is 0 Å². The number of hydrogen-bond acceptors (Lipinski definition) is 8. The number of rotatable bonds is 7. The average Bonchev–Trinajstić information content (AvgIpc) is 2.70. The van der Waals surface area contributed by atoms with Gasteiger partial charge in [-0.15, -0.1) is 5.10 Å². The summed E-state index contributed by atoms with van der Waals surface area (Å²) >= 11 is 0. The molecule has 28 heavy (non-hydrogen) atoms. The van der Waals surface area contributed by atoms with Crippen LogP contribution in [-0.4, -0.2) is 36.5 Å². The number of ether oxygens (including phenoxy) is 3. The smallest absolute Gasteiger partial charge is 0.249 e. The lowest BCUT2D eigenvalue weighted by atomic mass is 10.1. The van der Waals surface area contributed by atoms with Gasteiger partial charge in [0, 0.05) is 23.5 Å². The minimum atomic E-state index is 0.338. The second kappa shape index (κ2) is 8.43. The Morgan fingerprint density at radius 2 is 1.57 bits per heavy atom. The van der Waals surface area contributed by atoms with E-state index in [4.69, 9.17) is 14.2 Å². The lowest BCUT2D eigenvalue weighted by Gasteiger charge is -2.15. The molecule has 0 saturated carbocycles. The third-order valence-corrected chi connectivity index (χ3v) is 4.14. The Balaban J connectivity index is 1.86. The van der Waals surface area contributed by atoms with Crippen molar-refractivity contribution in [3.63, 3.8) is 0 Å². The lowest BCUT2D eigenvalue weighted by Crippen LogP contribution is -2.04. The van der Waals surface area contributed by atoms with Crippen LogP contribution >= 0.6 is 0 Å². The first-order valence-corrected chi connectivity index (χ1v) is 8.65. The molecule has 0 aliphatic rings. The summed E-state index contributed by atoms with van der Waals surface area (Å²) in [5.74, 6) is 2.49. The van der Waals surface area contributed by atoms with E-state index in [1.807, 2.05) is 13.8 Å². The number of anilines is 4. The molecule has 146 valence electrons. The van der Waals surface area contributed by atoms with Crippen LogP contribution in [-0.2, 0) is 0 Å². The molecule has 0 unspecified atom stereocenters. The second-order valence-corrected chi connectivity index (χ2v) is 6.15. The third-order valence-electron chi connectivity index (χ3n) is 4.14. The fourth-order valence-corrected chi connectivity index (χ4v) is 2.71. The maximum absolute atomic E-state index is 5.37. The van der Waals surface area contributed by atoms with E-state index in [9.17, 15) is 0 Å². The molecule has 1 aromatic heterocycles. The van der Waals surface area contributed by atoms with Gasteiger partial charge in [-0.2, -0.15) is 10.1 Å². The molecule has 0 amide bonds. The van der Waals surface area contributed by atoms with Gasteiger partial charge in [0.05, 0.1) is 27.5 Å². The van der Waals surface area contributed by atoms with Crippen molar-refractivity contribution >= 4 is 23.1 Å². The van der Waals surface area contributed by atoms with Crippen molar-refractivity contribution in [2.24, 2.45) is 0 Å². The number of aromatic nitrogens is 3. The Kier molecular flexibility index (Phi) is 5.78. The molecule has 0 aliphatic carbocycles. The predicted molar refractivity (Wildman–Crippen MR) is 108 cm³/mol. The van der Waals surface area contributed by atoms with Crippen LogP contribution in [0.2, 0.25) is 0 Å². The first kappa shape index (κ1) is 19.2. The molecule has 0 fully saturated rings. The molecule has 0 atom stereocenters. The molecule has 8 heteroatoms. The lowest BCUT2D eigenvalue weighted by molar-refractivity contribution is 0.324. The van der Waals surface area contributed by atoms with Crippen LogP contribution in [0.25, 0.3) is 0 Å². The van der Waals surface area contributed by atoms with Crippen LogP contribution in [0.4, 0.5) is 23.1 Å². The number of nitrogens with one attached hydrogen (secondary N) is 2. The molecule has 0 spiro atoms. The van der Waals surface area contributed by atoms with Crippen LogP contribution in [0, 0.1) is 13.8 Å². The topological polar surface area (TPSA) is 90.4 Å². The maximum atomic E-state index is 5.37. The minimum absolute atomic E-state index is 0.338. The molecular formula is C20H23N5O3. The van der Waals surface area contributed by atoms with Gasteiger partial charge in [0.2, 0.25) is 11.7 Å². The molecule has 2 aromatic carbocycles. The Hall–Kier alpha value is -3.55. The average molecular weight is 381 g/mol. The minimum Gasteiger partial charge on any atom is -0.493 e. The van der Waals surface area contributed by atoms with E-state index in [0.717, 1.165) is 16.8 Å². The van der Waals surface area contributed by atoms with Gasteiger partial charge < -0.3 is 24.8 Å². The standard InChI is InChI=1S/C20H23N5O3/c1-12-6-7-13(2)15(8-12)23-18-11-21-25-20(24-18)22-14-9-16(26-3)19(28-5)17(10-14)27-4/h6-11H,1-5H3,(H2,22,23,24,25). The van der Waals surface area contributed by atoms with Gasteiger partial charge in [0.1, 0.15) is 0 Å². The zero-order valence-corrected chi connectivity index (χ0v) is 16.5. The highest BCUT2D eigenvalue weighted by atomic mass is 16.5. The van der Waals surface area contributed by atoms with E-state index >= 15 is 0 Å². The predicted octanol–water partition coefficient (Wildman–Crippen LogP) is 4.00. The zero-order chi connectivity index (χ0) is 20.1. The Labute approximate surface area is 163 Å². The summed E-state index contributed by atoms with van der Waals surface area (Å²) in [4.78, 5) is 4.48. The van der Waals surface area contributed by atoms with Crippen molar-refractivity contribution in [3.8, 4) is 17.2 Å². The highest BCUT2D eigenvalue weighted by molar-refractivity contribution is 5.66. The number of methoxy groups -OCH3 is 3. The molecule has 1 heterocycles.